The second-order valence-corrected chi connectivity index (χ2v) is 7.14. The zero-order chi connectivity index (χ0) is 18.8. The number of ether oxygens (including phenoxy) is 2. The molecule has 1 unspecified atom stereocenters. The van der Waals surface area contributed by atoms with Gasteiger partial charge in [-0.15, -0.1) is 0 Å². The first-order valence-electron chi connectivity index (χ1n) is 9.99. The molecule has 2 rings (SSSR count). The molecule has 0 heterocycles. The fraction of sp³-hybridized carbons (Fsp3) is 0.500. The predicted molar refractivity (Wildman–Crippen MR) is 112 cm³/mol. The van der Waals surface area contributed by atoms with Gasteiger partial charge in [0, 0.05) is 11.5 Å². The lowest BCUT2D eigenvalue weighted by molar-refractivity contribution is 0.347. The van der Waals surface area contributed by atoms with Crippen molar-refractivity contribution in [2.45, 2.75) is 64.7 Å². The van der Waals surface area contributed by atoms with Gasteiger partial charge in [-0.25, -0.2) is 0 Å². The van der Waals surface area contributed by atoms with E-state index in [1.165, 1.54) is 43.2 Å². The maximum atomic E-state index is 6.04. The molecular weight excluding hydrogens is 320 g/mol. The van der Waals surface area contributed by atoms with Crippen LogP contribution in [0.4, 0.5) is 0 Å². The Balaban J connectivity index is 2.33. The maximum Gasteiger partial charge on any atom is 0.127 e. The normalized spacial score (nSPS) is 17.2. The first kappa shape index (κ1) is 20.4. The van der Waals surface area contributed by atoms with E-state index in [-0.39, 0.29) is 0 Å². The van der Waals surface area contributed by atoms with Crippen molar-refractivity contribution in [3.63, 3.8) is 0 Å². The SMILES string of the molecule is C=CCOc1cc(C=CCCCCC)cc(OC)c1C1C=C(C)CCC1. The van der Waals surface area contributed by atoms with Crippen molar-refractivity contribution in [3.8, 4) is 11.5 Å². The molecule has 0 amide bonds. The molecule has 0 radical (unpaired) electrons. The van der Waals surface area contributed by atoms with Crippen LogP contribution in [0.25, 0.3) is 6.08 Å². The van der Waals surface area contributed by atoms with E-state index in [9.17, 15) is 0 Å². The highest BCUT2D eigenvalue weighted by Gasteiger charge is 2.22. The van der Waals surface area contributed by atoms with Gasteiger partial charge in [0.2, 0.25) is 0 Å². The molecule has 1 aromatic rings. The third-order valence-electron chi connectivity index (χ3n) is 4.93. The molecule has 0 bridgehead atoms. The largest absolute Gasteiger partial charge is 0.496 e. The molecule has 1 atom stereocenters. The maximum absolute atomic E-state index is 6.04. The summed E-state index contributed by atoms with van der Waals surface area (Å²) in [7, 11) is 1.75. The van der Waals surface area contributed by atoms with E-state index in [1.807, 2.05) is 0 Å². The van der Waals surface area contributed by atoms with Crippen LogP contribution in [0, 0.1) is 0 Å². The summed E-state index contributed by atoms with van der Waals surface area (Å²) in [5, 5.41) is 0. The molecule has 0 saturated carbocycles. The van der Waals surface area contributed by atoms with Gasteiger partial charge in [-0.2, -0.15) is 0 Å². The molecule has 0 saturated heterocycles. The second-order valence-electron chi connectivity index (χ2n) is 7.14. The van der Waals surface area contributed by atoms with Gasteiger partial charge in [-0.3, -0.25) is 0 Å². The third kappa shape index (κ3) is 5.79. The molecule has 0 fully saturated rings. The zero-order valence-electron chi connectivity index (χ0n) is 16.7. The number of benzene rings is 1. The van der Waals surface area contributed by atoms with Crippen LogP contribution in [-0.4, -0.2) is 13.7 Å². The van der Waals surface area contributed by atoms with Gasteiger partial charge in [0.05, 0.1) is 7.11 Å². The van der Waals surface area contributed by atoms with Crippen molar-refractivity contribution in [2.75, 3.05) is 13.7 Å². The summed E-state index contributed by atoms with van der Waals surface area (Å²) < 4.78 is 11.8. The van der Waals surface area contributed by atoms with Crippen LogP contribution >= 0.6 is 0 Å². The van der Waals surface area contributed by atoms with Crippen LogP contribution < -0.4 is 9.47 Å². The van der Waals surface area contributed by atoms with E-state index in [4.69, 9.17) is 9.47 Å². The molecule has 26 heavy (non-hydrogen) atoms. The van der Waals surface area contributed by atoms with Crippen LogP contribution in [0.2, 0.25) is 0 Å². The molecule has 0 N–H and O–H groups in total. The molecule has 142 valence electrons. The topological polar surface area (TPSA) is 18.5 Å². The van der Waals surface area contributed by atoms with Gasteiger partial charge in [0.25, 0.3) is 0 Å². The Hall–Kier alpha value is -1.96. The third-order valence-corrected chi connectivity index (χ3v) is 4.93. The van der Waals surface area contributed by atoms with Crippen molar-refractivity contribution in [1.29, 1.82) is 0 Å². The van der Waals surface area contributed by atoms with E-state index >= 15 is 0 Å². The van der Waals surface area contributed by atoms with Crippen molar-refractivity contribution in [2.24, 2.45) is 0 Å². The lowest BCUT2D eigenvalue weighted by atomic mass is 9.84. The summed E-state index contributed by atoms with van der Waals surface area (Å²) in [4.78, 5) is 0. The number of hydrogen-bond acceptors (Lipinski definition) is 2. The predicted octanol–water partition coefficient (Wildman–Crippen LogP) is 7.07. The van der Waals surface area contributed by atoms with Crippen molar-refractivity contribution in [1.82, 2.24) is 0 Å². The van der Waals surface area contributed by atoms with Gasteiger partial charge in [0.1, 0.15) is 18.1 Å². The standard InChI is InChI=1S/C24H34O2/c1-5-7-8-9-10-13-20-17-22(25-4)24(23(18-20)26-15-6-2)21-14-11-12-19(3)16-21/h6,10,13,16-18,21H,2,5,7-9,11-12,14-15H2,1,3-4H3. The Kier molecular flexibility index (Phi) is 8.53. The van der Waals surface area contributed by atoms with Crippen LogP contribution in [-0.2, 0) is 0 Å². The van der Waals surface area contributed by atoms with Crippen LogP contribution in [0.5, 0.6) is 11.5 Å². The highest BCUT2D eigenvalue weighted by molar-refractivity contribution is 5.60. The number of hydrogen-bond donors (Lipinski definition) is 0. The molecule has 2 nitrogen and oxygen atoms in total. The van der Waals surface area contributed by atoms with E-state index in [0.717, 1.165) is 29.9 Å². The minimum Gasteiger partial charge on any atom is -0.496 e. The van der Waals surface area contributed by atoms with Crippen molar-refractivity contribution >= 4 is 6.08 Å². The number of unbranched alkanes of at least 4 members (excludes halogenated alkanes) is 3. The Labute approximate surface area is 159 Å². The molecule has 1 aliphatic rings. The summed E-state index contributed by atoms with van der Waals surface area (Å²) in [6, 6.07) is 4.29. The molecule has 2 heteroatoms. The number of allylic oxidation sites excluding steroid dienone is 3. The fourth-order valence-corrected chi connectivity index (χ4v) is 3.59. The van der Waals surface area contributed by atoms with E-state index in [1.54, 1.807) is 13.2 Å². The minimum atomic E-state index is 0.362. The average Bonchev–Trinajstić information content (AvgIpc) is 2.65. The van der Waals surface area contributed by atoms with Gasteiger partial charge >= 0.3 is 0 Å². The van der Waals surface area contributed by atoms with Gasteiger partial charge in [0.15, 0.2) is 0 Å². The van der Waals surface area contributed by atoms with Crippen LogP contribution in [0.15, 0.2) is 42.5 Å². The van der Waals surface area contributed by atoms with Gasteiger partial charge in [-0.1, -0.05) is 56.2 Å². The first-order valence-corrected chi connectivity index (χ1v) is 9.99. The Morgan fingerprint density at radius 3 is 2.73 bits per heavy atom. The van der Waals surface area contributed by atoms with Gasteiger partial charge < -0.3 is 9.47 Å². The first-order chi connectivity index (χ1) is 12.7. The van der Waals surface area contributed by atoms with E-state index in [0.29, 0.717) is 12.5 Å². The quantitative estimate of drug-likeness (QED) is 0.330. The summed E-state index contributed by atoms with van der Waals surface area (Å²) in [6.45, 7) is 8.75. The summed E-state index contributed by atoms with van der Waals surface area (Å²) in [5.41, 5.74) is 3.77. The fourth-order valence-electron chi connectivity index (χ4n) is 3.59. The summed E-state index contributed by atoms with van der Waals surface area (Å²) >= 11 is 0. The number of methoxy groups -OCH3 is 1. The van der Waals surface area contributed by atoms with E-state index in [2.05, 4.69) is 50.8 Å². The Morgan fingerprint density at radius 1 is 1.23 bits per heavy atom. The average molecular weight is 355 g/mol. The molecule has 0 aliphatic heterocycles. The smallest absolute Gasteiger partial charge is 0.127 e. The molecular formula is C24H34O2. The lowest BCUT2D eigenvalue weighted by Gasteiger charge is -2.24. The minimum absolute atomic E-state index is 0.362. The molecule has 1 aromatic carbocycles. The van der Waals surface area contributed by atoms with Crippen LogP contribution in [0.1, 0.15) is 75.8 Å². The molecule has 1 aliphatic carbocycles. The molecule has 0 spiro atoms. The zero-order valence-corrected chi connectivity index (χ0v) is 16.7. The Morgan fingerprint density at radius 2 is 2.04 bits per heavy atom. The monoisotopic (exact) mass is 354 g/mol. The second kappa shape index (κ2) is 10.9. The van der Waals surface area contributed by atoms with Crippen molar-refractivity contribution < 1.29 is 9.47 Å². The molecule has 0 aromatic heterocycles. The van der Waals surface area contributed by atoms with Gasteiger partial charge in [-0.05, 0) is 56.7 Å². The highest BCUT2D eigenvalue weighted by atomic mass is 16.5. The van der Waals surface area contributed by atoms with Crippen molar-refractivity contribution in [3.05, 3.63) is 53.6 Å². The summed E-state index contributed by atoms with van der Waals surface area (Å²) in [6.07, 6.45) is 17.1. The number of rotatable bonds is 10. The van der Waals surface area contributed by atoms with E-state index < -0.39 is 0 Å². The lowest BCUT2D eigenvalue weighted by Crippen LogP contribution is -2.08. The highest BCUT2D eigenvalue weighted by Crippen LogP contribution is 2.42. The summed E-state index contributed by atoms with van der Waals surface area (Å²) in [5.74, 6) is 2.21. The Bertz CT molecular complexity index is 640. The van der Waals surface area contributed by atoms with Crippen LogP contribution in [0.3, 0.4) is 0 Å².